The highest BCUT2D eigenvalue weighted by Crippen LogP contribution is 2.42. The van der Waals surface area contributed by atoms with E-state index in [-0.39, 0.29) is 5.91 Å². The highest BCUT2D eigenvalue weighted by atomic mass is 16.5. The smallest absolute Gasteiger partial charge is 0.247 e. The van der Waals surface area contributed by atoms with Crippen LogP contribution in [0.1, 0.15) is 43.7 Å². The Hall–Kier alpha value is -2.55. The molecule has 1 aromatic carbocycles. The van der Waals surface area contributed by atoms with Crippen LogP contribution in [0.2, 0.25) is 0 Å². The van der Waals surface area contributed by atoms with E-state index in [1.165, 1.54) is 31.8 Å². The highest BCUT2D eigenvalue weighted by Gasteiger charge is 2.39. The number of amides is 1. The molecule has 3 fully saturated rings. The molecule has 2 aliphatic heterocycles. The van der Waals surface area contributed by atoms with Gasteiger partial charge in [0.05, 0.1) is 36.7 Å². The van der Waals surface area contributed by atoms with Crippen molar-refractivity contribution in [2.24, 2.45) is 5.92 Å². The van der Waals surface area contributed by atoms with Crippen molar-refractivity contribution < 1.29 is 14.3 Å². The molecule has 5 rings (SSSR count). The van der Waals surface area contributed by atoms with E-state index >= 15 is 0 Å². The zero-order chi connectivity index (χ0) is 23.3. The molecule has 3 aliphatic rings. The van der Waals surface area contributed by atoms with Gasteiger partial charge in [-0.1, -0.05) is 19.4 Å². The Morgan fingerprint density at radius 3 is 2.97 bits per heavy atom. The van der Waals surface area contributed by atoms with Crippen molar-refractivity contribution in [1.82, 2.24) is 20.2 Å². The molecule has 2 N–H and O–H groups in total. The van der Waals surface area contributed by atoms with Gasteiger partial charge in [-0.05, 0) is 37.3 Å². The van der Waals surface area contributed by atoms with Crippen LogP contribution in [0.3, 0.4) is 0 Å². The topological polar surface area (TPSA) is 88.6 Å². The molecular formula is C26H35N5O3. The van der Waals surface area contributed by atoms with E-state index in [0.29, 0.717) is 35.9 Å². The summed E-state index contributed by atoms with van der Waals surface area (Å²) in [5.41, 5.74) is 2.56. The summed E-state index contributed by atoms with van der Waals surface area (Å²) in [4.78, 5) is 23.9. The van der Waals surface area contributed by atoms with Gasteiger partial charge in [0.1, 0.15) is 12.1 Å². The molecule has 3 heterocycles. The third kappa shape index (κ3) is 5.09. The van der Waals surface area contributed by atoms with E-state index in [9.17, 15) is 4.79 Å². The minimum atomic E-state index is -0.259. The van der Waals surface area contributed by atoms with Crippen LogP contribution in [0.4, 0.5) is 5.69 Å². The Morgan fingerprint density at radius 2 is 2.12 bits per heavy atom. The van der Waals surface area contributed by atoms with E-state index in [2.05, 4.69) is 27.1 Å². The van der Waals surface area contributed by atoms with Crippen LogP contribution < -0.4 is 15.4 Å². The van der Waals surface area contributed by atoms with Gasteiger partial charge in [-0.3, -0.25) is 9.69 Å². The number of anilines is 1. The summed E-state index contributed by atoms with van der Waals surface area (Å²) in [6, 6.07) is 4.51. The van der Waals surface area contributed by atoms with Crippen LogP contribution in [-0.2, 0) is 9.53 Å². The Morgan fingerprint density at radius 1 is 1.26 bits per heavy atom. The average molecular weight is 466 g/mol. The van der Waals surface area contributed by atoms with Crippen LogP contribution >= 0.6 is 0 Å². The number of nitrogens with zero attached hydrogens (tertiary/aromatic N) is 3. The minimum absolute atomic E-state index is 0.259. The number of nitrogens with one attached hydrogen (secondary N) is 2. The lowest BCUT2D eigenvalue weighted by molar-refractivity contribution is -0.111. The Balaban J connectivity index is 1.38. The SMILES string of the molecule is C=CC(=O)Nc1cc2c(C3CNC4CCCCC43)ncnc2cc1OCCCN1CCOCC1. The van der Waals surface area contributed by atoms with Gasteiger partial charge in [0.25, 0.3) is 0 Å². The van der Waals surface area contributed by atoms with Gasteiger partial charge in [-0.25, -0.2) is 9.97 Å². The Kier molecular flexibility index (Phi) is 7.37. The number of carbonyl (C=O) groups is 1. The van der Waals surface area contributed by atoms with Gasteiger partial charge in [0.15, 0.2) is 0 Å². The number of morpholine rings is 1. The quantitative estimate of drug-likeness (QED) is 0.457. The predicted octanol–water partition coefficient (Wildman–Crippen LogP) is 3.10. The van der Waals surface area contributed by atoms with Gasteiger partial charge in [0.2, 0.25) is 5.91 Å². The summed E-state index contributed by atoms with van der Waals surface area (Å²) >= 11 is 0. The molecule has 0 radical (unpaired) electrons. The first-order valence-corrected chi connectivity index (χ1v) is 12.6. The van der Waals surface area contributed by atoms with Crippen molar-refractivity contribution in [3.8, 4) is 5.75 Å². The number of benzene rings is 1. The molecule has 3 unspecified atom stereocenters. The number of rotatable bonds is 8. The van der Waals surface area contributed by atoms with Crippen LogP contribution in [-0.4, -0.2) is 72.8 Å². The van der Waals surface area contributed by atoms with Gasteiger partial charge in [-0.2, -0.15) is 0 Å². The largest absolute Gasteiger partial charge is 0.491 e. The second-order valence-electron chi connectivity index (χ2n) is 9.54. The number of aromatic nitrogens is 2. The lowest BCUT2D eigenvalue weighted by atomic mass is 9.78. The van der Waals surface area contributed by atoms with Gasteiger partial charge in [0, 0.05) is 49.6 Å². The second kappa shape index (κ2) is 10.8. The number of carbonyl (C=O) groups excluding carboxylic acids is 1. The Labute approximate surface area is 201 Å². The van der Waals surface area contributed by atoms with E-state index in [1.54, 1.807) is 6.33 Å². The minimum Gasteiger partial charge on any atom is -0.491 e. The molecule has 2 saturated heterocycles. The van der Waals surface area contributed by atoms with E-state index < -0.39 is 0 Å². The monoisotopic (exact) mass is 465 g/mol. The van der Waals surface area contributed by atoms with Crippen LogP contribution in [0.5, 0.6) is 5.75 Å². The third-order valence-electron chi connectivity index (χ3n) is 7.48. The van der Waals surface area contributed by atoms with Crippen molar-refractivity contribution in [2.45, 2.75) is 44.1 Å². The maximum atomic E-state index is 12.2. The maximum Gasteiger partial charge on any atom is 0.247 e. The summed E-state index contributed by atoms with van der Waals surface area (Å²) in [7, 11) is 0. The molecular weight excluding hydrogens is 430 g/mol. The van der Waals surface area contributed by atoms with Crippen LogP contribution in [0.25, 0.3) is 10.9 Å². The van der Waals surface area contributed by atoms with E-state index in [1.807, 2.05) is 12.1 Å². The first-order valence-electron chi connectivity index (χ1n) is 12.6. The zero-order valence-electron chi connectivity index (χ0n) is 19.8. The van der Waals surface area contributed by atoms with Crippen molar-refractivity contribution in [3.63, 3.8) is 0 Å². The summed E-state index contributed by atoms with van der Waals surface area (Å²) in [6.45, 7) is 9.59. The van der Waals surface area contributed by atoms with Crippen LogP contribution in [0.15, 0.2) is 31.1 Å². The molecule has 8 heteroatoms. The normalized spacial score (nSPS) is 25.1. The summed E-state index contributed by atoms with van der Waals surface area (Å²) in [5, 5.41) is 7.64. The van der Waals surface area contributed by atoms with E-state index in [0.717, 1.165) is 62.4 Å². The fourth-order valence-corrected chi connectivity index (χ4v) is 5.72. The molecule has 2 aromatic rings. The first-order chi connectivity index (χ1) is 16.7. The van der Waals surface area contributed by atoms with Crippen molar-refractivity contribution in [1.29, 1.82) is 0 Å². The molecule has 34 heavy (non-hydrogen) atoms. The average Bonchev–Trinajstić information content (AvgIpc) is 3.31. The van der Waals surface area contributed by atoms with Crippen molar-refractivity contribution in [2.75, 3.05) is 51.3 Å². The molecule has 1 aliphatic carbocycles. The highest BCUT2D eigenvalue weighted by molar-refractivity contribution is 6.02. The Bertz CT molecular complexity index is 1020. The lowest BCUT2D eigenvalue weighted by Gasteiger charge is -2.28. The summed E-state index contributed by atoms with van der Waals surface area (Å²) in [6.07, 6.45) is 8.91. The number of fused-ring (bicyclic) bond motifs is 2. The van der Waals surface area contributed by atoms with Crippen molar-refractivity contribution >= 4 is 22.5 Å². The predicted molar refractivity (Wildman–Crippen MR) is 132 cm³/mol. The van der Waals surface area contributed by atoms with Gasteiger partial charge < -0.3 is 20.1 Å². The molecule has 8 nitrogen and oxygen atoms in total. The summed E-state index contributed by atoms with van der Waals surface area (Å²) < 4.78 is 11.6. The maximum absolute atomic E-state index is 12.2. The first kappa shape index (κ1) is 23.2. The molecule has 0 bridgehead atoms. The standard InChI is InChI=1S/C26H35N5O3/c1-2-25(32)30-23-14-19-22(15-24(23)34-11-5-8-31-9-12-33-13-10-31)28-17-29-26(19)20-16-27-21-7-4-3-6-18(20)21/h2,14-15,17-18,20-21,27H,1,3-13,16H2,(H,30,32). The molecule has 182 valence electrons. The van der Waals surface area contributed by atoms with Gasteiger partial charge in [-0.15, -0.1) is 0 Å². The molecule has 1 saturated carbocycles. The van der Waals surface area contributed by atoms with Crippen molar-refractivity contribution in [3.05, 3.63) is 36.8 Å². The summed E-state index contributed by atoms with van der Waals surface area (Å²) in [5.74, 6) is 1.34. The van der Waals surface area contributed by atoms with Gasteiger partial charge >= 0.3 is 0 Å². The molecule has 0 spiro atoms. The fourth-order valence-electron chi connectivity index (χ4n) is 5.72. The third-order valence-corrected chi connectivity index (χ3v) is 7.48. The fraction of sp³-hybridized carbons (Fsp3) is 0.577. The number of hydrogen-bond donors (Lipinski definition) is 2. The number of hydrogen-bond acceptors (Lipinski definition) is 7. The molecule has 3 atom stereocenters. The van der Waals surface area contributed by atoms with Crippen LogP contribution in [0, 0.1) is 5.92 Å². The van der Waals surface area contributed by atoms with E-state index in [4.69, 9.17) is 14.5 Å². The zero-order valence-corrected chi connectivity index (χ0v) is 19.8. The molecule has 1 amide bonds. The number of ether oxygens (including phenoxy) is 2. The lowest BCUT2D eigenvalue weighted by Crippen LogP contribution is -2.37. The second-order valence-corrected chi connectivity index (χ2v) is 9.54. The molecule has 1 aromatic heterocycles.